The Morgan fingerprint density at radius 2 is 2.00 bits per heavy atom. The number of benzene rings is 2. The molecule has 0 unspecified atom stereocenters. The zero-order valence-electron chi connectivity index (χ0n) is 10.9. The van der Waals surface area contributed by atoms with Gasteiger partial charge in [0, 0.05) is 22.2 Å². The van der Waals surface area contributed by atoms with Gasteiger partial charge in [0.2, 0.25) is 0 Å². The molecule has 1 saturated carbocycles. The molecule has 2 nitrogen and oxygen atoms in total. The van der Waals surface area contributed by atoms with Gasteiger partial charge in [-0.05, 0) is 71.3 Å². The van der Waals surface area contributed by atoms with Crippen molar-refractivity contribution in [1.29, 1.82) is 0 Å². The summed E-state index contributed by atoms with van der Waals surface area (Å²) in [5.74, 6) is 1.00. The van der Waals surface area contributed by atoms with Crippen molar-refractivity contribution in [3.8, 4) is 11.5 Å². The number of halogens is 2. The highest BCUT2D eigenvalue weighted by atomic mass is 127. The van der Waals surface area contributed by atoms with Gasteiger partial charge in [0.05, 0.1) is 0 Å². The molecule has 0 spiro atoms. The average Bonchev–Trinajstić information content (AvgIpc) is 3.20. The number of nitrogens with one attached hydrogen (secondary N) is 1. The van der Waals surface area contributed by atoms with Crippen LogP contribution in [0.2, 0.25) is 0 Å². The van der Waals surface area contributed by atoms with Gasteiger partial charge in [-0.15, -0.1) is 0 Å². The molecule has 0 atom stereocenters. The number of ether oxygens (including phenoxy) is 1. The number of rotatable bonds is 5. The van der Waals surface area contributed by atoms with E-state index in [0.29, 0.717) is 18.3 Å². The first-order valence-electron chi connectivity index (χ1n) is 6.65. The second kappa shape index (κ2) is 6.10. The van der Waals surface area contributed by atoms with E-state index in [4.69, 9.17) is 4.74 Å². The molecule has 0 aliphatic heterocycles. The third-order valence-corrected chi connectivity index (χ3v) is 3.81. The molecule has 0 bridgehead atoms. The minimum atomic E-state index is -0.263. The van der Waals surface area contributed by atoms with E-state index in [2.05, 4.69) is 27.9 Å². The predicted octanol–water partition coefficient (Wildman–Crippen LogP) is 4.47. The summed E-state index contributed by atoms with van der Waals surface area (Å²) in [7, 11) is 0. The second-order valence-corrected chi connectivity index (χ2v) is 6.26. The van der Waals surface area contributed by atoms with Crippen molar-refractivity contribution >= 4 is 22.6 Å². The molecule has 0 amide bonds. The summed E-state index contributed by atoms with van der Waals surface area (Å²) < 4.78 is 20.5. The van der Waals surface area contributed by atoms with E-state index >= 15 is 0 Å². The van der Waals surface area contributed by atoms with Gasteiger partial charge in [-0.25, -0.2) is 4.39 Å². The van der Waals surface area contributed by atoms with Crippen LogP contribution in [0.15, 0.2) is 42.5 Å². The van der Waals surface area contributed by atoms with E-state index < -0.39 is 0 Å². The highest BCUT2D eigenvalue weighted by Gasteiger charge is 2.20. The molecule has 1 aliphatic rings. The molecule has 20 heavy (non-hydrogen) atoms. The summed E-state index contributed by atoms with van der Waals surface area (Å²) in [5.41, 5.74) is 0.914. The molecule has 1 fully saturated rings. The van der Waals surface area contributed by atoms with Crippen LogP contribution in [-0.4, -0.2) is 6.04 Å². The second-order valence-electron chi connectivity index (χ2n) is 5.01. The van der Waals surface area contributed by atoms with Gasteiger partial charge in [0.15, 0.2) is 0 Å². The third kappa shape index (κ3) is 3.93. The van der Waals surface area contributed by atoms with Crippen LogP contribution in [-0.2, 0) is 6.54 Å². The largest absolute Gasteiger partial charge is 0.457 e. The summed E-state index contributed by atoms with van der Waals surface area (Å²) >= 11 is 2.22. The summed E-state index contributed by atoms with van der Waals surface area (Å²) in [6.07, 6.45) is 2.45. The van der Waals surface area contributed by atoms with Crippen molar-refractivity contribution in [3.63, 3.8) is 0 Å². The van der Waals surface area contributed by atoms with Crippen LogP contribution in [0.4, 0.5) is 4.39 Å². The standard InChI is InChI=1S/C16H15FINO/c17-12-6-11(10-19-14-4-5-14)7-16(8-12)20-15-3-1-2-13(18)9-15/h1-3,6-9,14,19H,4-5,10H2. The lowest BCUT2D eigenvalue weighted by Gasteiger charge is -2.09. The topological polar surface area (TPSA) is 21.3 Å². The molecule has 1 N–H and O–H groups in total. The van der Waals surface area contributed by atoms with Gasteiger partial charge >= 0.3 is 0 Å². The molecule has 2 aromatic carbocycles. The highest BCUT2D eigenvalue weighted by Crippen LogP contribution is 2.25. The minimum absolute atomic E-state index is 0.263. The molecule has 4 heteroatoms. The molecule has 1 aliphatic carbocycles. The SMILES string of the molecule is Fc1cc(CNC2CC2)cc(Oc2cccc(I)c2)c1. The third-order valence-electron chi connectivity index (χ3n) is 3.14. The van der Waals surface area contributed by atoms with Gasteiger partial charge in [-0.2, -0.15) is 0 Å². The fraction of sp³-hybridized carbons (Fsp3) is 0.250. The quantitative estimate of drug-likeness (QED) is 0.770. The molecule has 0 heterocycles. The first kappa shape index (κ1) is 13.8. The van der Waals surface area contributed by atoms with Crippen LogP contribution < -0.4 is 10.1 Å². The molecule has 0 aromatic heterocycles. The normalized spacial score (nSPS) is 14.3. The summed E-state index contributed by atoms with van der Waals surface area (Å²) in [6, 6.07) is 13.2. The van der Waals surface area contributed by atoms with Crippen LogP contribution in [0.25, 0.3) is 0 Å². The van der Waals surface area contributed by atoms with Crippen molar-refractivity contribution in [3.05, 3.63) is 57.4 Å². The Morgan fingerprint density at radius 3 is 2.75 bits per heavy atom. The first-order chi connectivity index (χ1) is 9.69. The minimum Gasteiger partial charge on any atom is -0.457 e. The van der Waals surface area contributed by atoms with Crippen molar-refractivity contribution in [2.24, 2.45) is 0 Å². The molecular weight excluding hydrogens is 368 g/mol. The zero-order chi connectivity index (χ0) is 13.9. The smallest absolute Gasteiger partial charge is 0.130 e. The van der Waals surface area contributed by atoms with Crippen molar-refractivity contribution in [1.82, 2.24) is 5.32 Å². The van der Waals surface area contributed by atoms with E-state index in [1.54, 1.807) is 6.07 Å². The average molecular weight is 383 g/mol. The lowest BCUT2D eigenvalue weighted by Crippen LogP contribution is -2.15. The Bertz CT molecular complexity index is 613. The predicted molar refractivity (Wildman–Crippen MR) is 85.5 cm³/mol. The van der Waals surface area contributed by atoms with Gasteiger partial charge < -0.3 is 10.1 Å². The Labute approximate surface area is 131 Å². The maximum atomic E-state index is 13.6. The molecular formula is C16H15FINO. The molecule has 0 saturated heterocycles. The van der Waals surface area contributed by atoms with Gasteiger partial charge in [0.25, 0.3) is 0 Å². The van der Waals surface area contributed by atoms with Crippen LogP contribution in [0.3, 0.4) is 0 Å². The van der Waals surface area contributed by atoms with Gasteiger partial charge in [0.1, 0.15) is 17.3 Å². The van der Waals surface area contributed by atoms with E-state index in [9.17, 15) is 4.39 Å². The summed E-state index contributed by atoms with van der Waals surface area (Å²) in [6.45, 7) is 0.686. The molecule has 3 rings (SSSR count). The molecule has 104 valence electrons. The number of hydrogen-bond acceptors (Lipinski definition) is 2. The maximum absolute atomic E-state index is 13.6. The fourth-order valence-electron chi connectivity index (χ4n) is 2.00. The first-order valence-corrected chi connectivity index (χ1v) is 7.73. The van der Waals surface area contributed by atoms with E-state index in [-0.39, 0.29) is 5.82 Å². The van der Waals surface area contributed by atoms with E-state index in [1.807, 2.05) is 30.3 Å². The summed E-state index contributed by atoms with van der Waals surface area (Å²) in [4.78, 5) is 0. The van der Waals surface area contributed by atoms with E-state index in [0.717, 1.165) is 14.9 Å². The van der Waals surface area contributed by atoms with E-state index in [1.165, 1.54) is 18.9 Å². The lowest BCUT2D eigenvalue weighted by atomic mass is 10.2. The highest BCUT2D eigenvalue weighted by molar-refractivity contribution is 14.1. The summed E-state index contributed by atoms with van der Waals surface area (Å²) in [5, 5.41) is 3.38. The van der Waals surface area contributed by atoms with Crippen LogP contribution >= 0.6 is 22.6 Å². The fourth-order valence-corrected chi connectivity index (χ4v) is 2.51. The Balaban J connectivity index is 1.74. The Kier molecular flexibility index (Phi) is 4.21. The van der Waals surface area contributed by atoms with Crippen LogP contribution in [0.5, 0.6) is 11.5 Å². The van der Waals surface area contributed by atoms with Crippen LogP contribution in [0, 0.1) is 9.39 Å². The number of hydrogen-bond donors (Lipinski definition) is 1. The Morgan fingerprint density at radius 1 is 1.15 bits per heavy atom. The van der Waals surface area contributed by atoms with Gasteiger partial charge in [-0.1, -0.05) is 6.07 Å². The molecule has 0 radical (unpaired) electrons. The van der Waals surface area contributed by atoms with Crippen LogP contribution in [0.1, 0.15) is 18.4 Å². The van der Waals surface area contributed by atoms with Crippen molar-refractivity contribution in [2.75, 3.05) is 0 Å². The Hall–Kier alpha value is -1.14. The monoisotopic (exact) mass is 383 g/mol. The maximum Gasteiger partial charge on any atom is 0.130 e. The van der Waals surface area contributed by atoms with Crippen molar-refractivity contribution in [2.45, 2.75) is 25.4 Å². The van der Waals surface area contributed by atoms with Crippen molar-refractivity contribution < 1.29 is 9.13 Å². The van der Waals surface area contributed by atoms with Gasteiger partial charge in [-0.3, -0.25) is 0 Å². The lowest BCUT2D eigenvalue weighted by molar-refractivity contribution is 0.474. The molecule has 2 aromatic rings. The zero-order valence-corrected chi connectivity index (χ0v) is 13.1.